The molecule has 5 nitrogen and oxygen atoms in total. The van der Waals surface area contributed by atoms with Gasteiger partial charge >= 0.3 is 0 Å². The third-order valence-corrected chi connectivity index (χ3v) is 6.40. The van der Waals surface area contributed by atoms with E-state index in [0.29, 0.717) is 37.2 Å². The minimum Gasteiger partial charge on any atom is -0.507 e. The lowest BCUT2D eigenvalue weighted by atomic mass is 9.93. The zero-order valence-electron chi connectivity index (χ0n) is 16.4. The van der Waals surface area contributed by atoms with Crippen LogP contribution in [0, 0.1) is 0 Å². The Labute approximate surface area is 174 Å². The summed E-state index contributed by atoms with van der Waals surface area (Å²) in [6.07, 6.45) is 0.0110. The van der Waals surface area contributed by atoms with Crippen LogP contribution in [0.2, 0.25) is 0 Å². The second-order valence-corrected chi connectivity index (χ2v) is 8.60. The highest BCUT2D eigenvalue weighted by molar-refractivity contribution is 7.19. The van der Waals surface area contributed by atoms with E-state index in [1.165, 1.54) is 15.0 Å². The largest absolute Gasteiger partial charge is 0.507 e. The number of ether oxygens (including phenoxy) is 2. The van der Waals surface area contributed by atoms with Gasteiger partial charge in [-0.3, -0.25) is 0 Å². The normalized spacial score (nSPS) is 22.1. The van der Waals surface area contributed by atoms with Crippen molar-refractivity contribution in [1.29, 1.82) is 0 Å². The lowest BCUT2D eigenvalue weighted by molar-refractivity contribution is -0.114. The van der Waals surface area contributed by atoms with E-state index in [9.17, 15) is 15.3 Å². The molecule has 154 valence electrons. The molecule has 1 saturated heterocycles. The summed E-state index contributed by atoms with van der Waals surface area (Å²) in [5, 5.41) is 31.5. The number of phenolic OH excluding ortho intramolecular Hbond substituents is 1. The van der Waals surface area contributed by atoms with Crippen LogP contribution in [0.5, 0.6) is 11.5 Å². The highest BCUT2D eigenvalue weighted by Gasteiger charge is 2.31. The van der Waals surface area contributed by atoms with Gasteiger partial charge in [-0.15, -0.1) is 11.3 Å². The highest BCUT2D eigenvalue weighted by atomic mass is 32.1. The summed E-state index contributed by atoms with van der Waals surface area (Å²) < 4.78 is 12.9. The molecule has 0 bridgehead atoms. The van der Waals surface area contributed by atoms with E-state index in [-0.39, 0.29) is 12.4 Å². The van der Waals surface area contributed by atoms with Gasteiger partial charge in [-0.25, -0.2) is 0 Å². The molecule has 1 aromatic heterocycles. The van der Waals surface area contributed by atoms with Crippen molar-refractivity contribution in [2.75, 3.05) is 13.2 Å². The predicted octanol–water partition coefficient (Wildman–Crippen LogP) is 4.17. The van der Waals surface area contributed by atoms with Crippen molar-refractivity contribution >= 4 is 21.4 Å². The number of aliphatic hydroxyl groups excluding tert-OH is 2. The van der Waals surface area contributed by atoms with Crippen LogP contribution in [0.3, 0.4) is 0 Å². The minimum absolute atomic E-state index is 0.0873. The average molecular weight is 415 g/mol. The fourth-order valence-corrected chi connectivity index (χ4v) is 5.03. The van der Waals surface area contributed by atoms with E-state index in [1.54, 1.807) is 17.4 Å². The predicted molar refractivity (Wildman–Crippen MR) is 114 cm³/mol. The molecule has 0 aliphatic carbocycles. The van der Waals surface area contributed by atoms with Gasteiger partial charge in [-0.2, -0.15) is 0 Å². The first kappa shape index (κ1) is 20.2. The number of thiophene rings is 1. The standard InChI is InChI=1S/C23H26O5S/c1-2-27-21-12-20(26)19(22-11-16(25)10-17(13-24)28-22)9-15(21)8-18-7-14-5-3-4-6-23(14)29-18/h3-7,9,12,16-17,22,24-26H,2,8,10-11,13H2,1H3/t16-,17-,22+/m0/s1. The van der Waals surface area contributed by atoms with E-state index in [0.717, 1.165) is 5.56 Å². The number of aromatic hydroxyl groups is 1. The number of fused-ring (bicyclic) bond motifs is 1. The van der Waals surface area contributed by atoms with E-state index < -0.39 is 18.3 Å². The van der Waals surface area contributed by atoms with Gasteiger partial charge in [0.15, 0.2) is 0 Å². The van der Waals surface area contributed by atoms with Crippen molar-refractivity contribution < 1.29 is 24.8 Å². The molecule has 1 aliphatic rings. The number of aliphatic hydroxyl groups is 2. The number of phenols is 1. The highest BCUT2D eigenvalue weighted by Crippen LogP contribution is 2.40. The molecular formula is C23H26O5S. The monoisotopic (exact) mass is 414 g/mol. The molecule has 4 rings (SSSR count). The Balaban J connectivity index is 1.68. The zero-order chi connectivity index (χ0) is 20.4. The number of benzene rings is 2. The van der Waals surface area contributed by atoms with Crippen molar-refractivity contribution in [3.8, 4) is 11.5 Å². The quantitative estimate of drug-likeness (QED) is 0.564. The van der Waals surface area contributed by atoms with E-state index in [2.05, 4.69) is 18.2 Å². The molecule has 0 radical (unpaired) electrons. The Bertz CT molecular complexity index is 950. The molecule has 29 heavy (non-hydrogen) atoms. The average Bonchev–Trinajstić information content (AvgIpc) is 3.12. The summed E-state index contributed by atoms with van der Waals surface area (Å²) in [7, 11) is 0. The maximum absolute atomic E-state index is 10.6. The molecule has 3 atom stereocenters. The van der Waals surface area contributed by atoms with Crippen LogP contribution >= 0.6 is 11.3 Å². The van der Waals surface area contributed by atoms with E-state index >= 15 is 0 Å². The van der Waals surface area contributed by atoms with Crippen molar-refractivity contribution in [2.45, 2.75) is 44.5 Å². The van der Waals surface area contributed by atoms with Gasteiger partial charge in [-0.1, -0.05) is 18.2 Å². The maximum atomic E-state index is 10.6. The summed E-state index contributed by atoms with van der Waals surface area (Å²) in [6.45, 7) is 2.27. The summed E-state index contributed by atoms with van der Waals surface area (Å²) in [6, 6.07) is 14.0. The summed E-state index contributed by atoms with van der Waals surface area (Å²) in [5.41, 5.74) is 1.59. The summed E-state index contributed by atoms with van der Waals surface area (Å²) in [4.78, 5) is 1.21. The molecule has 3 aromatic rings. The first-order valence-corrected chi connectivity index (χ1v) is 10.8. The fraction of sp³-hybridized carbons (Fsp3) is 0.391. The summed E-state index contributed by atoms with van der Waals surface area (Å²) in [5.74, 6) is 0.741. The molecule has 1 aliphatic heterocycles. The number of rotatable bonds is 6. The molecule has 6 heteroatoms. The molecule has 1 fully saturated rings. The first-order valence-electron chi connectivity index (χ1n) is 9.97. The second kappa shape index (κ2) is 8.71. The van der Waals surface area contributed by atoms with E-state index in [4.69, 9.17) is 9.47 Å². The number of hydrogen-bond acceptors (Lipinski definition) is 6. The third kappa shape index (κ3) is 4.41. The third-order valence-electron chi connectivity index (χ3n) is 5.28. The van der Waals surface area contributed by atoms with Gasteiger partial charge in [-0.05, 0) is 36.1 Å². The zero-order valence-corrected chi connectivity index (χ0v) is 17.2. The molecule has 2 aromatic carbocycles. The Morgan fingerprint density at radius 1 is 1.17 bits per heavy atom. The lowest BCUT2D eigenvalue weighted by Crippen LogP contribution is -2.33. The van der Waals surface area contributed by atoms with Gasteiger partial charge in [0.05, 0.1) is 31.5 Å². The van der Waals surface area contributed by atoms with Crippen LogP contribution in [0.1, 0.15) is 41.9 Å². The fourth-order valence-electron chi connectivity index (χ4n) is 3.94. The lowest BCUT2D eigenvalue weighted by Gasteiger charge is -2.33. The molecular weight excluding hydrogens is 388 g/mol. The van der Waals surface area contributed by atoms with Gasteiger partial charge < -0.3 is 24.8 Å². The Hall–Kier alpha value is -2.12. The van der Waals surface area contributed by atoms with Crippen molar-refractivity contribution in [3.05, 3.63) is 58.5 Å². The van der Waals surface area contributed by atoms with Gasteiger partial charge in [0, 0.05) is 40.5 Å². The molecule has 0 saturated carbocycles. The first-order chi connectivity index (χ1) is 14.1. The van der Waals surface area contributed by atoms with Crippen LogP contribution in [0.15, 0.2) is 42.5 Å². The molecule has 2 heterocycles. The smallest absolute Gasteiger partial charge is 0.126 e. The topological polar surface area (TPSA) is 79.2 Å². The summed E-state index contributed by atoms with van der Waals surface area (Å²) >= 11 is 1.75. The van der Waals surface area contributed by atoms with Gasteiger partial charge in [0.25, 0.3) is 0 Å². The van der Waals surface area contributed by atoms with Crippen LogP contribution in [-0.2, 0) is 11.2 Å². The Kier molecular flexibility index (Phi) is 6.06. The van der Waals surface area contributed by atoms with Crippen LogP contribution in [0.25, 0.3) is 10.1 Å². The molecule has 0 amide bonds. The molecule has 0 unspecified atom stereocenters. The van der Waals surface area contributed by atoms with Crippen LogP contribution in [-0.4, -0.2) is 40.7 Å². The Morgan fingerprint density at radius 2 is 2.00 bits per heavy atom. The second-order valence-electron chi connectivity index (χ2n) is 7.43. The Morgan fingerprint density at radius 3 is 2.76 bits per heavy atom. The molecule has 3 N–H and O–H groups in total. The maximum Gasteiger partial charge on any atom is 0.126 e. The minimum atomic E-state index is -0.567. The van der Waals surface area contributed by atoms with Gasteiger partial charge in [0.2, 0.25) is 0 Å². The van der Waals surface area contributed by atoms with Gasteiger partial charge in [0.1, 0.15) is 11.5 Å². The van der Waals surface area contributed by atoms with Crippen molar-refractivity contribution in [1.82, 2.24) is 0 Å². The van der Waals surface area contributed by atoms with E-state index in [1.807, 2.05) is 25.1 Å². The van der Waals surface area contributed by atoms with Crippen LogP contribution < -0.4 is 4.74 Å². The SMILES string of the molecule is CCOc1cc(O)c([C@H]2C[C@@H](O)C[C@@H](CO)O2)cc1Cc1cc2ccccc2s1. The van der Waals surface area contributed by atoms with Crippen molar-refractivity contribution in [3.63, 3.8) is 0 Å². The van der Waals surface area contributed by atoms with Crippen LogP contribution in [0.4, 0.5) is 0 Å². The molecule has 0 spiro atoms. The van der Waals surface area contributed by atoms with Crippen molar-refractivity contribution in [2.24, 2.45) is 0 Å². The number of hydrogen-bond donors (Lipinski definition) is 3.